The average molecular weight is 352 g/mol. The van der Waals surface area contributed by atoms with Crippen LogP contribution in [-0.2, 0) is 9.53 Å². The molecule has 0 amide bonds. The molecule has 0 radical (unpaired) electrons. The van der Waals surface area contributed by atoms with Gasteiger partial charge in [-0.1, -0.05) is 0 Å². The summed E-state index contributed by atoms with van der Waals surface area (Å²) in [6.07, 6.45) is 8.53. The summed E-state index contributed by atoms with van der Waals surface area (Å²) in [5.74, 6) is 0.755. The van der Waals surface area contributed by atoms with Gasteiger partial charge >= 0.3 is 5.97 Å². The van der Waals surface area contributed by atoms with Crippen molar-refractivity contribution in [3.05, 3.63) is 30.9 Å². The summed E-state index contributed by atoms with van der Waals surface area (Å²) < 4.78 is 6.92. The first kappa shape index (κ1) is 16.4. The number of hydrogen-bond donors (Lipinski definition) is 1. The average Bonchev–Trinajstić information content (AvgIpc) is 3.13. The van der Waals surface area contributed by atoms with Crippen molar-refractivity contribution in [3.8, 4) is 11.4 Å². The molecule has 3 aromatic heterocycles. The summed E-state index contributed by atoms with van der Waals surface area (Å²) in [4.78, 5) is 29.3. The highest BCUT2D eigenvalue weighted by Gasteiger charge is 2.29. The van der Waals surface area contributed by atoms with Crippen LogP contribution in [0.15, 0.2) is 30.9 Å². The van der Waals surface area contributed by atoms with Gasteiger partial charge in [0.15, 0.2) is 17.3 Å². The number of nitrogens with zero attached hydrogens (tertiary/aromatic N) is 5. The molecule has 0 aromatic carbocycles. The number of aromatic nitrogens is 5. The maximum Gasteiger partial charge on any atom is 0.308 e. The summed E-state index contributed by atoms with van der Waals surface area (Å²) in [6, 6.07) is 3.97. The van der Waals surface area contributed by atoms with E-state index in [1.807, 2.05) is 12.1 Å². The van der Waals surface area contributed by atoms with Gasteiger partial charge in [-0.2, -0.15) is 0 Å². The summed E-state index contributed by atoms with van der Waals surface area (Å²) in [5, 5.41) is 0. The normalized spacial score (nSPS) is 20.2. The highest BCUT2D eigenvalue weighted by atomic mass is 16.5. The van der Waals surface area contributed by atoms with Crippen molar-refractivity contribution in [1.29, 1.82) is 0 Å². The number of anilines is 1. The van der Waals surface area contributed by atoms with Crippen LogP contribution in [0.2, 0.25) is 0 Å². The van der Waals surface area contributed by atoms with E-state index in [0.717, 1.165) is 36.9 Å². The van der Waals surface area contributed by atoms with Gasteiger partial charge in [-0.3, -0.25) is 9.78 Å². The number of rotatable bonds is 3. The number of carbonyl (C=O) groups is 1. The molecule has 2 N–H and O–H groups in total. The van der Waals surface area contributed by atoms with Crippen LogP contribution in [0.4, 0.5) is 5.82 Å². The van der Waals surface area contributed by atoms with Crippen LogP contribution < -0.4 is 5.73 Å². The van der Waals surface area contributed by atoms with Gasteiger partial charge in [0.2, 0.25) is 0 Å². The number of imidazole rings is 1. The number of ether oxygens (including phenoxy) is 1. The van der Waals surface area contributed by atoms with Crippen LogP contribution in [-0.4, -0.2) is 37.6 Å². The van der Waals surface area contributed by atoms with Crippen LogP contribution in [0.25, 0.3) is 22.6 Å². The van der Waals surface area contributed by atoms with Crippen LogP contribution in [0.5, 0.6) is 0 Å². The molecule has 0 atom stereocenters. The third-order valence-electron chi connectivity index (χ3n) is 4.99. The van der Waals surface area contributed by atoms with Crippen molar-refractivity contribution in [1.82, 2.24) is 24.5 Å². The monoisotopic (exact) mass is 352 g/mol. The first-order valence-electron chi connectivity index (χ1n) is 8.65. The van der Waals surface area contributed by atoms with Crippen molar-refractivity contribution in [2.24, 2.45) is 5.92 Å². The maximum atomic E-state index is 11.7. The number of hydrogen-bond acceptors (Lipinski definition) is 7. The number of fused-ring (bicyclic) bond motifs is 1. The molecule has 0 saturated heterocycles. The fraction of sp³-hybridized carbons (Fsp3) is 0.389. The van der Waals surface area contributed by atoms with E-state index >= 15 is 0 Å². The van der Waals surface area contributed by atoms with Crippen molar-refractivity contribution >= 4 is 23.0 Å². The number of carbonyl (C=O) groups excluding carboxylic acids is 1. The summed E-state index contributed by atoms with van der Waals surface area (Å²) in [6.45, 7) is 0. The van der Waals surface area contributed by atoms with Gasteiger partial charge in [0, 0.05) is 24.0 Å². The number of nitrogen functional groups attached to an aromatic ring is 1. The lowest BCUT2D eigenvalue weighted by Gasteiger charge is -2.27. The zero-order valence-corrected chi connectivity index (χ0v) is 14.5. The zero-order chi connectivity index (χ0) is 18.1. The number of nitrogens with two attached hydrogens (primary N) is 1. The predicted molar refractivity (Wildman–Crippen MR) is 96.0 cm³/mol. The second-order valence-corrected chi connectivity index (χ2v) is 6.53. The highest BCUT2D eigenvalue weighted by Crippen LogP contribution is 2.35. The molecule has 1 aliphatic carbocycles. The fourth-order valence-electron chi connectivity index (χ4n) is 3.59. The molecule has 0 aliphatic heterocycles. The Bertz CT molecular complexity index is 932. The van der Waals surface area contributed by atoms with E-state index in [1.54, 1.807) is 18.7 Å². The minimum atomic E-state index is -0.121. The number of methoxy groups -OCH3 is 1. The molecular formula is C18H20N6O2. The second-order valence-electron chi connectivity index (χ2n) is 6.53. The molecule has 3 aromatic rings. The smallest absolute Gasteiger partial charge is 0.308 e. The highest BCUT2D eigenvalue weighted by molar-refractivity contribution is 5.83. The Morgan fingerprint density at radius 3 is 2.77 bits per heavy atom. The molecule has 3 heterocycles. The summed E-state index contributed by atoms with van der Waals surface area (Å²) >= 11 is 0. The number of esters is 1. The third kappa shape index (κ3) is 2.87. The lowest BCUT2D eigenvalue weighted by atomic mass is 9.86. The zero-order valence-electron chi connectivity index (χ0n) is 14.5. The second kappa shape index (κ2) is 6.70. The van der Waals surface area contributed by atoms with Crippen LogP contribution in [0.1, 0.15) is 31.7 Å². The Morgan fingerprint density at radius 2 is 2.08 bits per heavy atom. The predicted octanol–water partition coefficient (Wildman–Crippen LogP) is 2.37. The van der Waals surface area contributed by atoms with Crippen molar-refractivity contribution < 1.29 is 9.53 Å². The van der Waals surface area contributed by atoms with E-state index in [2.05, 4.69) is 24.5 Å². The van der Waals surface area contributed by atoms with Gasteiger partial charge in [-0.25, -0.2) is 15.0 Å². The Morgan fingerprint density at radius 1 is 1.27 bits per heavy atom. The van der Waals surface area contributed by atoms with Gasteiger partial charge < -0.3 is 15.0 Å². The summed E-state index contributed by atoms with van der Waals surface area (Å²) in [5.41, 5.74) is 8.24. The van der Waals surface area contributed by atoms with Crippen molar-refractivity contribution in [2.45, 2.75) is 31.7 Å². The molecule has 8 nitrogen and oxygen atoms in total. The molecule has 0 unspecified atom stereocenters. The molecule has 4 rings (SSSR count). The maximum absolute atomic E-state index is 11.7. The third-order valence-corrected chi connectivity index (χ3v) is 4.99. The first-order chi connectivity index (χ1) is 12.7. The van der Waals surface area contributed by atoms with Gasteiger partial charge in [-0.05, 0) is 37.8 Å². The van der Waals surface area contributed by atoms with E-state index < -0.39 is 0 Å². The minimum Gasteiger partial charge on any atom is -0.469 e. The van der Waals surface area contributed by atoms with Crippen LogP contribution >= 0.6 is 0 Å². The Hall–Kier alpha value is -3.03. The number of pyridine rings is 1. The first-order valence-corrected chi connectivity index (χ1v) is 8.65. The minimum absolute atomic E-state index is 0.0170. The largest absolute Gasteiger partial charge is 0.469 e. The molecule has 1 saturated carbocycles. The molecule has 1 fully saturated rings. The SMILES string of the molecule is COC(=O)C1CCC(n2cnc3c(N)nc(-c4cccnc4)nc32)CC1. The van der Waals surface area contributed by atoms with Gasteiger partial charge in [0.25, 0.3) is 0 Å². The van der Waals surface area contributed by atoms with Crippen LogP contribution in [0, 0.1) is 5.92 Å². The van der Waals surface area contributed by atoms with Gasteiger partial charge in [0.05, 0.1) is 19.4 Å². The van der Waals surface area contributed by atoms with E-state index in [4.69, 9.17) is 10.5 Å². The molecule has 1 aliphatic rings. The Kier molecular flexibility index (Phi) is 4.24. The van der Waals surface area contributed by atoms with E-state index in [-0.39, 0.29) is 17.9 Å². The van der Waals surface area contributed by atoms with Gasteiger partial charge in [0.1, 0.15) is 5.52 Å². The molecule has 134 valence electrons. The molecule has 0 spiro atoms. The summed E-state index contributed by atoms with van der Waals surface area (Å²) in [7, 11) is 1.44. The van der Waals surface area contributed by atoms with E-state index in [9.17, 15) is 4.79 Å². The standard InChI is InChI=1S/C18H20N6O2/c1-26-18(25)11-4-6-13(7-5-11)24-10-21-14-15(19)22-16(23-17(14)24)12-3-2-8-20-9-12/h2-3,8-11,13H,4-7H2,1H3,(H2,19,22,23). The quantitative estimate of drug-likeness (QED) is 0.721. The van der Waals surface area contributed by atoms with Crippen molar-refractivity contribution in [2.75, 3.05) is 12.8 Å². The fourth-order valence-corrected chi connectivity index (χ4v) is 3.59. The molecule has 8 heteroatoms. The van der Waals surface area contributed by atoms with Crippen molar-refractivity contribution in [3.63, 3.8) is 0 Å². The lowest BCUT2D eigenvalue weighted by molar-refractivity contribution is -0.146. The van der Waals surface area contributed by atoms with E-state index in [1.165, 1.54) is 7.11 Å². The molecule has 0 bridgehead atoms. The Balaban J connectivity index is 1.67. The lowest BCUT2D eigenvalue weighted by Crippen LogP contribution is -2.24. The van der Waals surface area contributed by atoms with Gasteiger partial charge in [-0.15, -0.1) is 0 Å². The Labute approximate surface area is 150 Å². The van der Waals surface area contributed by atoms with E-state index in [0.29, 0.717) is 17.2 Å². The molecular weight excluding hydrogens is 332 g/mol. The topological polar surface area (TPSA) is 109 Å². The molecule has 26 heavy (non-hydrogen) atoms. The van der Waals surface area contributed by atoms with Crippen LogP contribution in [0.3, 0.4) is 0 Å².